The van der Waals surface area contributed by atoms with Crippen molar-refractivity contribution < 1.29 is 4.79 Å². The Morgan fingerprint density at radius 2 is 2.12 bits per heavy atom. The second kappa shape index (κ2) is 6.25. The minimum Gasteiger partial charge on any atom is -0.348 e. The first-order valence-electron chi connectivity index (χ1n) is 7.49. The average molecular weight is 334 g/mol. The maximum absolute atomic E-state index is 12.4. The molecule has 0 fully saturated rings. The molecule has 2 heterocycles. The number of hydrogen-bond acceptors (Lipinski definition) is 4. The molecule has 0 aliphatic heterocycles. The van der Waals surface area contributed by atoms with Gasteiger partial charge in [-0.3, -0.25) is 4.79 Å². The Balaban J connectivity index is 1.53. The Morgan fingerprint density at radius 1 is 1.21 bits per heavy atom. The molecule has 0 atom stereocenters. The SMILES string of the molecule is O=C(NCc1ccccc1-n1ccnc1)c1ccc2scnc2c1. The van der Waals surface area contributed by atoms with Crippen molar-refractivity contribution in [2.75, 3.05) is 0 Å². The number of nitrogens with one attached hydrogen (secondary N) is 1. The van der Waals surface area contributed by atoms with Gasteiger partial charge in [0.05, 0.1) is 27.7 Å². The molecule has 0 radical (unpaired) electrons. The Kier molecular flexibility index (Phi) is 3.80. The van der Waals surface area contributed by atoms with E-state index in [2.05, 4.69) is 15.3 Å². The van der Waals surface area contributed by atoms with Gasteiger partial charge in [0.25, 0.3) is 5.91 Å². The molecule has 118 valence electrons. The number of carbonyl (C=O) groups is 1. The Hall–Kier alpha value is -2.99. The average Bonchev–Trinajstić information content (AvgIpc) is 3.30. The lowest BCUT2D eigenvalue weighted by molar-refractivity contribution is 0.0951. The minimum absolute atomic E-state index is 0.106. The third-order valence-electron chi connectivity index (χ3n) is 3.81. The molecule has 1 N–H and O–H groups in total. The number of rotatable bonds is 4. The summed E-state index contributed by atoms with van der Waals surface area (Å²) in [6, 6.07) is 13.5. The van der Waals surface area contributed by atoms with E-state index in [1.54, 1.807) is 29.4 Å². The fourth-order valence-electron chi connectivity index (χ4n) is 2.59. The molecule has 5 nitrogen and oxygen atoms in total. The number of thiazole rings is 1. The summed E-state index contributed by atoms with van der Waals surface area (Å²) in [5, 5.41) is 2.98. The van der Waals surface area contributed by atoms with Crippen LogP contribution in [-0.2, 0) is 6.54 Å². The van der Waals surface area contributed by atoms with Crippen molar-refractivity contribution in [3.63, 3.8) is 0 Å². The van der Waals surface area contributed by atoms with Crippen molar-refractivity contribution >= 4 is 27.5 Å². The van der Waals surface area contributed by atoms with E-state index < -0.39 is 0 Å². The van der Waals surface area contributed by atoms with Gasteiger partial charge in [0.15, 0.2) is 0 Å². The molecule has 0 bridgehead atoms. The predicted octanol–water partition coefficient (Wildman–Crippen LogP) is 3.41. The number of imidazole rings is 1. The molecule has 0 aliphatic rings. The summed E-state index contributed by atoms with van der Waals surface area (Å²) in [4.78, 5) is 20.8. The lowest BCUT2D eigenvalue weighted by atomic mass is 10.1. The smallest absolute Gasteiger partial charge is 0.251 e. The maximum Gasteiger partial charge on any atom is 0.251 e. The standard InChI is InChI=1S/C18H14N4OS/c23-18(13-5-6-17-15(9-13)21-12-24-17)20-10-14-3-1-2-4-16(14)22-8-7-19-11-22/h1-9,11-12H,10H2,(H,20,23). The van der Waals surface area contributed by atoms with Crippen LogP contribution in [0, 0.1) is 0 Å². The highest BCUT2D eigenvalue weighted by Crippen LogP contribution is 2.19. The molecule has 1 amide bonds. The number of aromatic nitrogens is 3. The van der Waals surface area contributed by atoms with Gasteiger partial charge >= 0.3 is 0 Å². The van der Waals surface area contributed by atoms with Gasteiger partial charge in [-0.25, -0.2) is 9.97 Å². The van der Waals surface area contributed by atoms with Crippen LogP contribution in [0.15, 0.2) is 66.7 Å². The van der Waals surface area contributed by atoms with Gasteiger partial charge in [-0.05, 0) is 29.8 Å². The second-order valence-electron chi connectivity index (χ2n) is 5.32. The van der Waals surface area contributed by atoms with Gasteiger partial charge < -0.3 is 9.88 Å². The van der Waals surface area contributed by atoms with Crippen molar-refractivity contribution in [2.45, 2.75) is 6.54 Å². The molecule has 24 heavy (non-hydrogen) atoms. The van der Waals surface area contributed by atoms with Crippen LogP contribution in [0.2, 0.25) is 0 Å². The van der Waals surface area contributed by atoms with Gasteiger partial charge in [0.2, 0.25) is 0 Å². The van der Waals surface area contributed by atoms with E-state index >= 15 is 0 Å². The number of para-hydroxylation sites is 1. The van der Waals surface area contributed by atoms with E-state index in [-0.39, 0.29) is 5.91 Å². The van der Waals surface area contributed by atoms with Gasteiger partial charge in [-0.1, -0.05) is 18.2 Å². The van der Waals surface area contributed by atoms with Crippen LogP contribution in [0.25, 0.3) is 15.9 Å². The van der Waals surface area contributed by atoms with E-state index in [1.165, 1.54) is 0 Å². The van der Waals surface area contributed by atoms with Crippen LogP contribution in [0.5, 0.6) is 0 Å². The van der Waals surface area contributed by atoms with E-state index in [1.807, 2.05) is 53.2 Å². The number of nitrogens with zero attached hydrogens (tertiary/aromatic N) is 3. The Morgan fingerprint density at radius 3 is 3.00 bits per heavy atom. The number of fused-ring (bicyclic) bond motifs is 1. The second-order valence-corrected chi connectivity index (χ2v) is 6.20. The van der Waals surface area contributed by atoms with Crippen molar-refractivity contribution in [3.05, 3.63) is 77.8 Å². The zero-order valence-corrected chi connectivity index (χ0v) is 13.5. The monoisotopic (exact) mass is 334 g/mol. The molecular weight excluding hydrogens is 320 g/mol. The third kappa shape index (κ3) is 2.79. The summed E-state index contributed by atoms with van der Waals surface area (Å²) in [7, 11) is 0. The van der Waals surface area contributed by atoms with Crippen LogP contribution >= 0.6 is 11.3 Å². The molecule has 4 rings (SSSR count). The molecule has 0 saturated heterocycles. The van der Waals surface area contributed by atoms with Crippen LogP contribution < -0.4 is 5.32 Å². The van der Waals surface area contributed by atoms with E-state index in [4.69, 9.17) is 0 Å². The highest BCUT2D eigenvalue weighted by Gasteiger charge is 2.09. The van der Waals surface area contributed by atoms with Crippen molar-refractivity contribution in [1.82, 2.24) is 19.9 Å². The van der Waals surface area contributed by atoms with Crippen molar-refractivity contribution in [2.24, 2.45) is 0 Å². The molecule has 0 aliphatic carbocycles. The highest BCUT2D eigenvalue weighted by atomic mass is 32.1. The van der Waals surface area contributed by atoms with Crippen LogP contribution in [0.4, 0.5) is 0 Å². The van der Waals surface area contributed by atoms with Gasteiger partial charge in [-0.15, -0.1) is 11.3 Å². The molecule has 0 unspecified atom stereocenters. The number of amides is 1. The zero-order valence-electron chi connectivity index (χ0n) is 12.7. The Bertz CT molecular complexity index is 991. The number of hydrogen-bond donors (Lipinski definition) is 1. The summed E-state index contributed by atoms with van der Waals surface area (Å²) in [6.07, 6.45) is 5.37. The lowest BCUT2D eigenvalue weighted by Gasteiger charge is -2.11. The van der Waals surface area contributed by atoms with Crippen LogP contribution in [-0.4, -0.2) is 20.4 Å². The first-order valence-corrected chi connectivity index (χ1v) is 8.37. The highest BCUT2D eigenvalue weighted by molar-refractivity contribution is 7.16. The first kappa shape index (κ1) is 14.6. The molecular formula is C18H14N4OS. The lowest BCUT2D eigenvalue weighted by Crippen LogP contribution is -2.23. The summed E-state index contributed by atoms with van der Waals surface area (Å²) in [5.74, 6) is -0.106. The van der Waals surface area contributed by atoms with Gasteiger partial charge in [-0.2, -0.15) is 0 Å². The molecule has 2 aromatic heterocycles. The molecule has 2 aromatic carbocycles. The predicted molar refractivity (Wildman–Crippen MR) is 94.4 cm³/mol. The quantitative estimate of drug-likeness (QED) is 0.622. The summed E-state index contributed by atoms with van der Waals surface area (Å²) < 4.78 is 3.01. The van der Waals surface area contributed by atoms with E-state index in [0.717, 1.165) is 21.5 Å². The number of carbonyl (C=O) groups excluding carboxylic acids is 1. The fourth-order valence-corrected chi connectivity index (χ4v) is 3.25. The van der Waals surface area contributed by atoms with E-state index in [0.29, 0.717) is 12.1 Å². The minimum atomic E-state index is -0.106. The number of benzene rings is 2. The van der Waals surface area contributed by atoms with E-state index in [9.17, 15) is 4.79 Å². The fraction of sp³-hybridized carbons (Fsp3) is 0.0556. The summed E-state index contributed by atoms with van der Waals surface area (Å²) in [5.41, 5.74) is 5.29. The first-order chi connectivity index (χ1) is 11.8. The van der Waals surface area contributed by atoms with Crippen molar-refractivity contribution in [1.29, 1.82) is 0 Å². The van der Waals surface area contributed by atoms with Gasteiger partial charge in [0, 0.05) is 24.5 Å². The molecule has 4 aromatic rings. The molecule has 0 saturated carbocycles. The zero-order chi connectivity index (χ0) is 16.4. The molecule has 0 spiro atoms. The summed E-state index contributed by atoms with van der Waals surface area (Å²) in [6.45, 7) is 0.447. The van der Waals surface area contributed by atoms with Crippen LogP contribution in [0.1, 0.15) is 15.9 Å². The van der Waals surface area contributed by atoms with Crippen LogP contribution in [0.3, 0.4) is 0 Å². The topological polar surface area (TPSA) is 59.8 Å². The molecule has 6 heteroatoms. The normalized spacial score (nSPS) is 10.8. The third-order valence-corrected chi connectivity index (χ3v) is 4.62. The Labute approximate surface area is 142 Å². The largest absolute Gasteiger partial charge is 0.348 e. The summed E-state index contributed by atoms with van der Waals surface area (Å²) >= 11 is 1.57. The van der Waals surface area contributed by atoms with Gasteiger partial charge in [0.1, 0.15) is 0 Å². The van der Waals surface area contributed by atoms with Crippen molar-refractivity contribution in [3.8, 4) is 5.69 Å². The maximum atomic E-state index is 12.4.